The van der Waals surface area contributed by atoms with Gasteiger partial charge in [0.25, 0.3) is 0 Å². The first-order chi connectivity index (χ1) is 9.06. The van der Waals surface area contributed by atoms with Crippen LogP contribution in [0.15, 0.2) is 29.8 Å². The number of nitrogens with zero attached hydrogens (tertiary/aromatic N) is 1. The summed E-state index contributed by atoms with van der Waals surface area (Å²) in [7, 11) is 0. The average Bonchev–Trinajstić information content (AvgIpc) is 2.76. The fraction of sp³-hybridized carbons (Fsp3) is 0.471. The third-order valence-electron chi connectivity index (χ3n) is 3.07. The first kappa shape index (κ1) is 14.3. The van der Waals surface area contributed by atoms with Crippen LogP contribution in [0.3, 0.4) is 0 Å². The molecule has 2 aromatic rings. The van der Waals surface area contributed by atoms with Crippen LogP contribution in [-0.4, -0.2) is 4.98 Å². The molecular formula is C17H23NS. The summed E-state index contributed by atoms with van der Waals surface area (Å²) >= 11 is 1.87. The van der Waals surface area contributed by atoms with Gasteiger partial charge in [-0.25, -0.2) is 0 Å². The molecule has 0 fully saturated rings. The quantitative estimate of drug-likeness (QED) is 0.729. The number of thiophene rings is 1. The Balaban J connectivity index is 2.28. The molecular weight excluding hydrogens is 250 g/mol. The van der Waals surface area contributed by atoms with Crippen LogP contribution in [0.25, 0.3) is 11.1 Å². The maximum absolute atomic E-state index is 4.57. The molecule has 0 N–H and O–H groups in total. The number of aromatic nitrogens is 1. The fourth-order valence-corrected chi connectivity index (χ4v) is 3.38. The van der Waals surface area contributed by atoms with Crippen LogP contribution in [0.2, 0.25) is 0 Å². The molecule has 0 aliphatic carbocycles. The van der Waals surface area contributed by atoms with Crippen molar-refractivity contribution in [2.24, 2.45) is 11.8 Å². The van der Waals surface area contributed by atoms with Gasteiger partial charge in [-0.2, -0.15) is 0 Å². The van der Waals surface area contributed by atoms with Crippen molar-refractivity contribution in [3.05, 3.63) is 40.3 Å². The highest BCUT2D eigenvalue weighted by Gasteiger charge is 2.10. The lowest BCUT2D eigenvalue weighted by Crippen LogP contribution is -1.99. The molecule has 0 aromatic carbocycles. The van der Waals surface area contributed by atoms with Crippen molar-refractivity contribution >= 4 is 11.3 Å². The second-order valence-corrected chi connectivity index (χ2v) is 6.99. The highest BCUT2D eigenvalue weighted by molar-refractivity contribution is 7.10. The van der Waals surface area contributed by atoms with Crippen LogP contribution in [0.4, 0.5) is 0 Å². The van der Waals surface area contributed by atoms with E-state index in [1.165, 1.54) is 28.1 Å². The smallest absolute Gasteiger partial charge is 0.0484 e. The molecule has 0 amide bonds. The monoisotopic (exact) mass is 273 g/mol. The summed E-state index contributed by atoms with van der Waals surface area (Å²) in [5.41, 5.74) is 3.87. The van der Waals surface area contributed by atoms with E-state index in [9.17, 15) is 0 Å². The lowest BCUT2D eigenvalue weighted by molar-refractivity contribution is 0.636. The number of pyridine rings is 1. The van der Waals surface area contributed by atoms with Gasteiger partial charge in [0.15, 0.2) is 0 Å². The second kappa shape index (κ2) is 6.33. The molecule has 0 atom stereocenters. The minimum atomic E-state index is 0.641. The van der Waals surface area contributed by atoms with E-state index in [1.54, 1.807) is 0 Å². The predicted octanol–water partition coefficient (Wildman–Crippen LogP) is 5.21. The molecule has 102 valence electrons. The number of hydrogen-bond donors (Lipinski definition) is 0. The van der Waals surface area contributed by atoms with Crippen LogP contribution in [-0.2, 0) is 12.8 Å². The van der Waals surface area contributed by atoms with Gasteiger partial charge < -0.3 is 0 Å². The van der Waals surface area contributed by atoms with Crippen LogP contribution >= 0.6 is 11.3 Å². The molecule has 19 heavy (non-hydrogen) atoms. The zero-order valence-electron chi connectivity index (χ0n) is 12.3. The van der Waals surface area contributed by atoms with Crippen molar-refractivity contribution in [2.45, 2.75) is 40.5 Å². The van der Waals surface area contributed by atoms with Crippen molar-refractivity contribution in [2.75, 3.05) is 0 Å². The van der Waals surface area contributed by atoms with E-state index in [1.807, 2.05) is 23.6 Å². The Bertz CT molecular complexity index is 526. The van der Waals surface area contributed by atoms with Gasteiger partial charge in [0.05, 0.1) is 0 Å². The lowest BCUT2D eigenvalue weighted by atomic mass is 9.99. The van der Waals surface area contributed by atoms with Crippen molar-refractivity contribution < 1.29 is 0 Å². The molecule has 0 unspecified atom stereocenters. The van der Waals surface area contributed by atoms with Crippen molar-refractivity contribution in [1.29, 1.82) is 0 Å². The Morgan fingerprint density at radius 1 is 1.11 bits per heavy atom. The molecule has 2 heterocycles. The minimum Gasteiger partial charge on any atom is -0.261 e. The van der Waals surface area contributed by atoms with E-state index in [0.717, 1.165) is 12.3 Å². The molecule has 2 rings (SSSR count). The summed E-state index contributed by atoms with van der Waals surface area (Å²) in [5, 5.41) is 2.28. The normalized spacial score (nSPS) is 11.5. The molecule has 2 aromatic heterocycles. The van der Waals surface area contributed by atoms with Gasteiger partial charge in [-0.15, -0.1) is 11.3 Å². The Morgan fingerprint density at radius 2 is 1.84 bits per heavy atom. The van der Waals surface area contributed by atoms with Crippen molar-refractivity contribution in [3.63, 3.8) is 0 Å². The summed E-state index contributed by atoms with van der Waals surface area (Å²) in [4.78, 5) is 6.05. The highest BCUT2D eigenvalue weighted by atomic mass is 32.1. The first-order valence-electron chi connectivity index (χ1n) is 7.08. The zero-order valence-corrected chi connectivity index (χ0v) is 13.1. The standard InChI is InChI=1S/C17H23NS/c1-12(2)8-15-10-14(11-19-15)16-6-5-7-18-17(16)9-13(3)4/h5-7,10-13H,8-9H2,1-4H3. The van der Waals surface area contributed by atoms with Gasteiger partial charge in [-0.1, -0.05) is 33.8 Å². The Morgan fingerprint density at radius 3 is 2.53 bits per heavy atom. The van der Waals surface area contributed by atoms with Gasteiger partial charge in [0, 0.05) is 22.3 Å². The van der Waals surface area contributed by atoms with Crippen molar-refractivity contribution in [3.8, 4) is 11.1 Å². The minimum absolute atomic E-state index is 0.641. The fourth-order valence-electron chi connectivity index (χ4n) is 2.28. The summed E-state index contributed by atoms with van der Waals surface area (Å²) in [6.45, 7) is 9.04. The summed E-state index contributed by atoms with van der Waals surface area (Å²) < 4.78 is 0. The Kier molecular flexibility index (Phi) is 4.76. The van der Waals surface area contributed by atoms with E-state index >= 15 is 0 Å². The molecule has 0 aliphatic heterocycles. The van der Waals surface area contributed by atoms with Gasteiger partial charge in [0.2, 0.25) is 0 Å². The van der Waals surface area contributed by atoms with E-state index in [0.29, 0.717) is 5.92 Å². The third kappa shape index (κ3) is 3.90. The first-order valence-corrected chi connectivity index (χ1v) is 7.96. The predicted molar refractivity (Wildman–Crippen MR) is 84.6 cm³/mol. The van der Waals surface area contributed by atoms with E-state index in [2.05, 4.69) is 50.2 Å². The summed E-state index contributed by atoms with van der Waals surface area (Å²) in [6.07, 6.45) is 4.12. The van der Waals surface area contributed by atoms with Crippen LogP contribution < -0.4 is 0 Å². The number of hydrogen-bond acceptors (Lipinski definition) is 2. The molecule has 0 radical (unpaired) electrons. The topological polar surface area (TPSA) is 12.9 Å². The zero-order chi connectivity index (χ0) is 13.8. The Hall–Kier alpha value is -1.15. The largest absolute Gasteiger partial charge is 0.261 e. The third-order valence-corrected chi connectivity index (χ3v) is 4.03. The van der Waals surface area contributed by atoms with Gasteiger partial charge in [-0.3, -0.25) is 4.98 Å². The molecule has 0 saturated heterocycles. The lowest BCUT2D eigenvalue weighted by Gasteiger charge is -2.09. The van der Waals surface area contributed by atoms with Crippen molar-refractivity contribution in [1.82, 2.24) is 4.98 Å². The SMILES string of the molecule is CC(C)Cc1cc(-c2cccnc2CC(C)C)cs1. The summed E-state index contributed by atoms with van der Waals surface area (Å²) in [5.74, 6) is 1.36. The average molecular weight is 273 g/mol. The van der Waals surface area contributed by atoms with Gasteiger partial charge >= 0.3 is 0 Å². The summed E-state index contributed by atoms with van der Waals surface area (Å²) in [6, 6.07) is 6.58. The van der Waals surface area contributed by atoms with E-state index < -0.39 is 0 Å². The van der Waals surface area contributed by atoms with Gasteiger partial charge in [0.1, 0.15) is 0 Å². The number of rotatable bonds is 5. The Labute approximate surface area is 120 Å². The molecule has 0 bridgehead atoms. The second-order valence-electron chi connectivity index (χ2n) is 6.00. The van der Waals surface area contributed by atoms with E-state index in [-0.39, 0.29) is 0 Å². The molecule has 2 heteroatoms. The molecule has 0 spiro atoms. The van der Waals surface area contributed by atoms with Gasteiger partial charge in [-0.05, 0) is 47.8 Å². The maximum atomic E-state index is 4.57. The van der Waals surface area contributed by atoms with E-state index in [4.69, 9.17) is 0 Å². The van der Waals surface area contributed by atoms with Crippen LogP contribution in [0, 0.1) is 11.8 Å². The molecule has 1 nitrogen and oxygen atoms in total. The van der Waals surface area contributed by atoms with Crippen LogP contribution in [0.5, 0.6) is 0 Å². The highest BCUT2D eigenvalue weighted by Crippen LogP contribution is 2.29. The molecule has 0 saturated carbocycles. The molecule has 0 aliphatic rings. The maximum Gasteiger partial charge on any atom is 0.0484 e. The van der Waals surface area contributed by atoms with Crippen LogP contribution in [0.1, 0.15) is 38.3 Å².